The number of aryl methyl sites for hydroxylation is 1. The van der Waals surface area contributed by atoms with Crippen molar-refractivity contribution in [2.75, 3.05) is 13.1 Å². The van der Waals surface area contributed by atoms with Crippen molar-refractivity contribution in [2.45, 2.75) is 40.0 Å². The highest BCUT2D eigenvalue weighted by Gasteiger charge is 2.24. The Morgan fingerprint density at radius 1 is 1.30 bits per heavy atom. The average Bonchev–Trinajstić information content (AvgIpc) is 2.63. The number of aromatic hydroxyl groups is 1. The summed E-state index contributed by atoms with van der Waals surface area (Å²) in [5, 5.41) is 9.96. The lowest BCUT2D eigenvalue weighted by atomic mass is 9.89. The van der Waals surface area contributed by atoms with Gasteiger partial charge >= 0.3 is 0 Å². The third-order valence-electron chi connectivity index (χ3n) is 4.39. The van der Waals surface area contributed by atoms with E-state index in [0.29, 0.717) is 17.4 Å². The van der Waals surface area contributed by atoms with Crippen LogP contribution >= 0.6 is 0 Å². The first kappa shape index (κ1) is 14.9. The van der Waals surface area contributed by atoms with Crippen LogP contribution in [-0.2, 0) is 0 Å². The first-order chi connectivity index (χ1) is 9.49. The van der Waals surface area contributed by atoms with Crippen molar-refractivity contribution < 1.29 is 9.90 Å². The lowest BCUT2D eigenvalue weighted by molar-refractivity contribution is 0.0756. The molecule has 0 spiro atoms. The summed E-state index contributed by atoms with van der Waals surface area (Å²) in [4.78, 5) is 14.4. The minimum atomic E-state index is -0.0353. The van der Waals surface area contributed by atoms with Gasteiger partial charge in [-0.1, -0.05) is 19.9 Å². The van der Waals surface area contributed by atoms with Gasteiger partial charge in [0, 0.05) is 13.1 Å². The fraction of sp³-hybridized carbons (Fsp3) is 0.588. The third-order valence-corrected chi connectivity index (χ3v) is 4.39. The molecule has 1 fully saturated rings. The van der Waals surface area contributed by atoms with Crippen molar-refractivity contribution in [3.8, 4) is 5.75 Å². The van der Waals surface area contributed by atoms with Crippen LogP contribution in [0.15, 0.2) is 18.2 Å². The molecule has 1 amide bonds. The van der Waals surface area contributed by atoms with Crippen molar-refractivity contribution in [1.82, 2.24) is 4.90 Å². The molecule has 20 heavy (non-hydrogen) atoms. The number of likely N-dealkylation sites (tertiary alicyclic amines) is 1. The summed E-state index contributed by atoms with van der Waals surface area (Å²) < 4.78 is 0. The van der Waals surface area contributed by atoms with Gasteiger partial charge in [-0.05, 0) is 55.7 Å². The summed E-state index contributed by atoms with van der Waals surface area (Å²) in [6.45, 7) is 8.03. The average molecular weight is 275 g/mol. The van der Waals surface area contributed by atoms with Crippen LogP contribution in [0, 0.1) is 18.8 Å². The van der Waals surface area contributed by atoms with Crippen molar-refractivity contribution in [1.29, 1.82) is 0 Å². The molecule has 0 radical (unpaired) electrons. The fourth-order valence-corrected chi connectivity index (χ4v) is 2.98. The second-order valence-electron chi connectivity index (χ2n) is 6.25. The lowest BCUT2D eigenvalue weighted by Crippen LogP contribution is -2.32. The van der Waals surface area contributed by atoms with Gasteiger partial charge in [-0.3, -0.25) is 4.79 Å². The van der Waals surface area contributed by atoms with Crippen molar-refractivity contribution in [2.24, 2.45) is 11.8 Å². The third kappa shape index (κ3) is 3.33. The summed E-state index contributed by atoms with van der Waals surface area (Å²) in [6, 6.07) is 5.27. The van der Waals surface area contributed by atoms with E-state index in [0.717, 1.165) is 31.5 Å². The summed E-state index contributed by atoms with van der Waals surface area (Å²) in [5.41, 5.74) is 1.40. The van der Waals surface area contributed by atoms with E-state index >= 15 is 0 Å². The van der Waals surface area contributed by atoms with Crippen molar-refractivity contribution >= 4 is 5.91 Å². The van der Waals surface area contributed by atoms with Crippen LogP contribution in [-0.4, -0.2) is 29.0 Å². The largest absolute Gasteiger partial charge is 0.507 e. The first-order valence-electron chi connectivity index (χ1n) is 7.58. The Hall–Kier alpha value is -1.51. The second kappa shape index (κ2) is 6.29. The first-order valence-corrected chi connectivity index (χ1v) is 7.58. The fourth-order valence-electron chi connectivity index (χ4n) is 2.98. The second-order valence-corrected chi connectivity index (χ2v) is 6.25. The molecule has 1 aromatic carbocycles. The van der Waals surface area contributed by atoms with Crippen LogP contribution in [0.4, 0.5) is 0 Å². The molecule has 3 nitrogen and oxygen atoms in total. The molecule has 1 aliphatic heterocycles. The molecule has 1 aliphatic rings. The molecular weight excluding hydrogens is 250 g/mol. The number of hydrogen-bond donors (Lipinski definition) is 1. The Labute approximate surface area is 121 Å². The minimum Gasteiger partial charge on any atom is -0.507 e. The van der Waals surface area contributed by atoms with Gasteiger partial charge in [-0.25, -0.2) is 0 Å². The van der Waals surface area contributed by atoms with Crippen LogP contribution < -0.4 is 0 Å². The number of carbonyl (C=O) groups excluding carboxylic acids is 1. The molecule has 0 saturated carbocycles. The minimum absolute atomic E-state index is 0.0353. The van der Waals surface area contributed by atoms with Gasteiger partial charge in [0.15, 0.2) is 0 Å². The zero-order chi connectivity index (χ0) is 14.7. The number of benzene rings is 1. The van der Waals surface area contributed by atoms with E-state index in [2.05, 4.69) is 13.8 Å². The van der Waals surface area contributed by atoms with E-state index in [1.165, 1.54) is 6.42 Å². The smallest absolute Gasteiger partial charge is 0.257 e. The number of amides is 1. The van der Waals surface area contributed by atoms with E-state index < -0.39 is 0 Å². The molecule has 1 N–H and O–H groups in total. The molecule has 110 valence electrons. The zero-order valence-electron chi connectivity index (χ0n) is 12.7. The summed E-state index contributed by atoms with van der Waals surface area (Å²) >= 11 is 0. The van der Waals surface area contributed by atoms with E-state index in [4.69, 9.17) is 0 Å². The van der Waals surface area contributed by atoms with Gasteiger partial charge in [0.25, 0.3) is 5.91 Å². The molecule has 1 heterocycles. The van der Waals surface area contributed by atoms with Crippen molar-refractivity contribution in [3.63, 3.8) is 0 Å². The van der Waals surface area contributed by atoms with E-state index in [1.807, 2.05) is 17.9 Å². The van der Waals surface area contributed by atoms with Gasteiger partial charge in [-0.15, -0.1) is 0 Å². The zero-order valence-corrected chi connectivity index (χ0v) is 12.7. The Morgan fingerprint density at radius 3 is 2.70 bits per heavy atom. The van der Waals surface area contributed by atoms with E-state index in [1.54, 1.807) is 12.1 Å². The highest BCUT2D eigenvalue weighted by atomic mass is 16.3. The van der Waals surface area contributed by atoms with E-state index in [9.17, 15) is 9.90 Å². The molecule has 1 aromatic rings. The summed E-state index contributed by atoms with van der Waals surface area (Å²) in [5.74, 6) is 1.45. The highest BCUT2D eigenvalue weighted by Crippen LogP contribution is 2.27. The van der Waals surface area contributed by atoms with Crippen LogP contribution in [0.1, 0.15) is 49.0 Å². The molecule has 1 saturated heterocycles. The Morgan fingerprint density at radius 2 is 2.05 bits per heavy atom. The summed E-state index contributed by atoms with van der Waals surface area (Å²) in [7, 11) is 0. The molecule has 2 rings (SSSR count). The van der Waals surface area contributed by atoms with Gasteiger partial charge in [-0.2, -0.15) is 0 Å². The molecular formula is C17H25NO2. The number of phenols is 1. The lowest BCUT2D eigenvalue weighted by Gasteiger charge is -2.22. The highest BCUT2D eigenvalue weighted by molar-refractivity contribution is 5.96. The molecule has 0 bridgehead atoms. The predicted octanol–water partition coefficient (Wildman–Crippen LogP) is 3.60. The maximum absolute atomic E-state index is 12.5. The van der Waals surface area contributed by atoms with E-state index in [-0.39, 0.29) is 11.7 Å². The standard InChI is InChI=1S/C17H25NO2/c1-12(2)14-5-4-9-18(10-8-14)17(20)15-7-6-13(3)11-16(15)19/h6-7,11-12,14,19H,4-5,8-10H2,1-3H3. The Kier molecular flexibility index (Phi) is 4.69. The number of phenolic OH excluding ortho intramolecular Hbond substituents is 1. The van der Waals surface area contributed by atoms with Crippen LogP contribution in [0.3, 0.4) is 0 Å². The predicted molar refractivity (Wildman–Crippen MR) is 80.9 cm³/mol. The Bertz CT molecular complexity index is 482. The van der Waals surface area contributed by atoms with Gasteiger partial charge in [0.1, 0.15) is 5.75 Å². The number of carbonyl (C=O) groups is 1. The Balaban J connectivity index is 2.09. The van der Waals surface area contributed by atoms with Crippen molar-refractivity contribution in [3.05, 3.63) is 29.3 Å². The monoisotopic (exact) mass is 275 g/mol. The van der Waals surface area contributed by atoms with Gasteiger partial charge in [0.2, 0.25) is 0 Å². The SMILES string of the molecule is Cc1ccc(C(=O)N2CCCC(C(C)C)CC2)c(O)c1. The molecule has 1 atom stereocenters. The van der Waals surface area contributed by atoms with Gasteiger partial charge in [0.05, 0.1) is 5.56 Å². The number of rotatable bonds is 2. The van der Waals surface area contributed by atoms with Crippen LogP contribution in [0.5, 0.6) is 5.75 Å². The van der Waals surface area contributed by atoms with Crippen LogP contribution in [0.25, 0.3) is 0 Å². The topological polar surface area (TPSA) is 40.5 Å². The number of nitrogens with zero attached hydrogens (tertiary/aromatic N) is 1. The number of hydrogen-bond acceptors (Lipinski definition) is 2. The normalized spacial score (nSPS) is 20.0. The summed E-state index contributed by atoms with van der Waals surface area (Å²) in [6.07, 6.45) is 3.32. The molecule has 1 unspecified atom stereocenters. The molecule has 0 aromatic heterocycles. The van der Waals surface area contributed by atoms with Crippen LogP contribution in [0.2, 0.25) is 0 Å². The maximum atomic E-state index is 12.5. The maximum Gasteiger partial charge on any atom is 0.257 e. The molecule has 3 heteroatoms. The molecule has 0 aliphatic carbocycles. The quantitative estimate of drug-likeness (QED) is 0.896. The van der Waals surface area contributed by atoms with Gasteiger partial charge < -0.3 is 10.0 Å².